The zero-order valence-corrected chi connectivity index (χ0v) is 13.8. The lowest BCUT2D eigenvalue weighted by Crippen LogP contribution is -2.63. The predicted molar refractivity (Wildman–Crippen MR) is 82.8 cm³/mol. The standard InChI is InChI=1S/C16H29N3O2/c1-5-6-14-16(21)19(12(4)15(20)17-14)10-13-7-8-18(9-13)11(2)3/h11-14H,5-10H2,1-4H3,(H,17,20). The second-order valence-electron chi connectivity index (χ2n) is 6.76. The van der Waals surface area contributed by atoms with E-state index in [1.165, 1.54) is 0 Å². The highest BCUT2D eigenvalue weighted by Gasteiger charge is 2.39. The van der Waals surface area contributed by atoms with Gasteiger partial charge in [0, 0.05) is 19.1 Å². The molecule has 2 heterocycles. The third kappa shape index (κ3) is 3.57. The van der Waals surface area contributed by atoms with E-state index in [0.29, 0.717) is 12.0 Å². The van der Waals surface area contributed by atoms with Crippen LogP contribution in [0.2, 0.25) is 0 Å². The predicted octanol–water partition coefficient (Wildman–Crippen LogP) is 1.23. The van der Waals surface area contributed by atoms with Crippen molar-refractivity contribution in [1.82, 2.24) is 15.1 Å². The minimum Gasteiger partial charge on any atom is -0.343 e. The molecule has 120 valence electrons. The molecule has 2 amide bonds. The van der Waals surface area contributed by atoms with E-state index >= 15 is 0 Å². The van der Waals surface area contributed by atoms with Gasteiger partial charge in [0.15, 0.2) is 0 Å². The summed E-state index contributed by atoms with van der Waals surface area (Å²) in [6.07, 6.45) is 2.76. The third-order valence-electron chi connectivity index (χ3n) is 4.82. The van der Waals surface area contributed by atoms with Gasteiger partial charge in [0.1, 0.15) is 12.1 Å². The van der Waals surface area contributed by atoms with E-state index in [1.54, 1.807) is 0 Å². The maximum absolute atomic E-state index is 12.6. The number of carbonyl (C=O) groups excluding carboxylic acids is 2. The van der Waals surface area contributed by atoms with Crippen molar-refractivity contribution < 1.29 is 9.59 Å². The van der Waals surface area contributed by atoms with Crippen LogP contribution in [-0.4, -0.2) is 59.4 Å². The topological polar surface area (TPSA) is 52.7 Å². The molecular formula is C16H29N3O2. The monoisotopic (exact) mass is 295 g/mol. The molecule has 0 radical (unpaired) electrons. The van der Waals surface area contributed by atoms with Crippen molar-refractivity contribution in [3.63, 3.8) is 0 Å². The molecule has 2 aliphatic rings. The number of piperazine rings is 1. The van der Waals surface area contributed by atoms with Gasteiger partial charge in [-0.25, -0.2) is 0 Å². The fourth-order valence-corrected chi connectivity index (χ4v) is 3.38. The fourth-order valence-electron chi connectivity index (χ4n) is 3.38. The Morgan fingerprint density at radius 3 is 2.62 bits per heavy atom. The Kier molecular flexibility index (Phi) is 5.25. The highest BCUT2D eigenvalue weighted by atomic mass is 16.2. The van der Waals surface area contributed by atoms with Crippen LogP contribution in [0.4, 0.5) is 0 Å². The summed E-state index contributed by atoms with van der Waals surface area (Å²) >= 11 is 0. The molecule has 0 spiro atoms. The van der Waals surface area contributed by atoms with Crippen molar-refractivity contribution in [1.29, 1.82) is 0 Å². The maximum atomic E-state index is 12.6. The minimum absolute atomic E-state index is 0.00763. The van der Waals surface area contributed by atoms with Crippen LogP contribution in [0, 0.1) is 5.92 Å². The van der Waals surface area contributed by atoms with Crippen molar-refractivity contribution in [2.75, 3.05) is 19.6 Å². The molecule has 0 aromatic heterocycles. The smallest absolute Gasteiger partial charge is 0.245 e. The van der Waals surface area contributed by atoms with Gasteiger partial charge < -0.3 is 15.1 Å². The summed E-state index contributed by atoms with van der Waals surface area (Å²) in [5.74, 6) is 0.589. The molecule has 2 saturated heterocycles. The summed E-state index contributed by atoms with van der Waals surface area (Å²) in [7, 11) is 0. The first-order chi connectivity index (χ1) is 9.93. The second kappa shape index (κ2) is 6.77. The molecule has 2 rings (SSSR count). The molecule has 2 fully saturated rings. The average molecular weight is 295 g/mol. The van der Waals surface area contributed by atoms with E-state index in [1.807, 2.05) is 18.7 Å². The Morgan fingerprint density at radius 1 is 1.33 bits per heavy atom. The number of nitrogens with zero attached hydrogens (tertiary/aromatic N) is 2. The Bertz CT molecular complexity index is 397. The third-order valence-corrected chi connectivity index (χ3v) is 4.82. The molecule has 3 unspecified atom stereocenters. The number of carbonyl (C=O) groups is 2. The van der Waals surface area contributed by atoms with E-state index in [9.17, 15) is 9.59 Å². The van der Waals surface area contributed by atoms with Crippen LogP contribution in [-0.2, 0) is 9.59 Å². The van der Waals surface area contributed by atoms with E-state index < -0.39 is 0 Å². The zero-order valence-electron chi connectivity index (χ0n) is 13.8. The van der Waals surface area contributed by atoms with Gasteiger partial charge in [-0.15, -0.1) is 0 Å². The second-order valence-corrected chi connectivity index (χ2v) is 6.76. The van der Waals surface area contributed by atoms with Gasteiger partial charge in [-0.05, 0) is 46.1 Å². The van der Waals surface area contributed by atoms with Crippen LogP contribution >= 0.6 is 0 Å². The molecule has 3 atom stereocenters. The molecule has 21 heavy (non-hydrogen) atoms. The van der Waals surface area contributed by atoms with E-state index in [4.69, 9.17) is 0 Å². The van der Waals surface area contributed by atoms with Crippen molar-refractivity contribution in [2.45, 2.75) is 65.1 Å². The Balaban J connectivity index is 1.99. The lowest BCUT2D eigenvalue weighted by molar-refractivity contribution is -0.149. The minimum atomic E-state index is -0.335. The van der Waals surface area contributed by atoms with Gasteiger partial charge in [0.05, 0.1) is 0 Å². The molecule has 0 aromatic rings. The van der Waals surface area contributed by atoms with Crippen LogP contribution in [0.5, 0.6) is 0 Å². The molecule has 5 heteroatoms. The summed E-state index contributed by atoms with van der Waals surface area (Å²) in [5, 5.41) is 2.86. The molecule has 0 saturated carbocycles. The van der Waals surface area contributed by atoms with Gasteiger partial charge in [0.2, 0.25) is 11.8 Å². The number of rotatable bonds is 5. The molecule has 0 bridgehead atoms. The lowest BCUT2D eigenvalue weighted by Gasteiger charge is -2.38. The van der Waals surface area contributed by atoms with Crippen molar-refractivity contribution >= 4 is 11.8 Å². The lowest BCUT2D eigenvalue weighted by atomic mass is 10.0. The maximum Gasteiger partial charge on any atom is 0.245 e. The summed E-state index contributed by atoms with van der Waals surface area (Å²) in [6.45, 7) is 11.2. The molecule has 0 aromatic carbocycles. The molecule has 1 N–H and O–H groups in total. The van der Waals surface area contributed by atoms with Gasteiger partial charge in [-0.3, -0.25) is 9.59 Å². The number of amides is 2. The summed E-state index contributed by atoms with van der Waals surface area (Å²) < 4.78 is 0. The molecule has 2 aliphatic heterocycles. The van der Waals surface area contributed by atoms with Crippen molar-refractivity contribution in [3.05, 3.63) is 0 Å². The zero-order chi connectivity index (χ0) is 15.6. The number of hydrogen-bond acceptors (Lipinski definition) is 3. The molecular weight excluding hydrogens is 266 g/mol. The molecule has 0 aliphatic carbocycles. The fraction of sp³-hybridized carbons (Fsp3) is 0.875. The van der Waals surface area contributed by atoms with E-state index in [-0.39, 0.29) is 23.9 Å². The highest BCUT2D eigenvalue weighted by Crippen LogP contribution is 2.22. The Labute approximate surface area is 128 Å². The average Bonchev–Trinajstić information content (AvgIpc) is 2.90. The van der Waals surface area contributed by atoms with Gasteiger partial charge in [0.25, 0.3) is 0 Å². The van der Waals surface area contributed by atoms with Crippen molar-refractivity contribution in [2.24, 2.45) is 5.92 Å². The Hall–Kier alpha value is -1.10. The first-order valence-corrected chi connectivity index (χ1v) is 8.29. The van der Waals surface area contributed by atoms with Gasteiger partial charge in [-0.2, -0.15) is 0 Å². The van der Waals surface area contributed by atoms with E-state index in [2.05, 4.69) is 24.1 Å². The van der Waals surface area contributed by atoms with E-state index in [0.717, 1.165) is 38.9 Å². The largest absolute Gasteiger partial charge is 0.343 e. The first-order valence-electron chi connectivity index (χ1n) is 8.29. The van der Waals surface area contributed by atoms with Crippen LogP contribution < -0.4 is 5.32 Å². The number of nitrogens with one attached hydrogen (secondary N) is 1. The van der Waals surface area contributed by atoms with Gasteiger partial charge in [-0.1, -0.05) is 13.3 Å². The first kappa shape index (κ1) is 16.3. The summed E-state index contributed by atoms with van der Waals surface area (Å²) in [4.78, 5) is 28.9. The number of likely N-dealkylation sites (tertiary alicyclic amines) is 1. The van der Waals surface area contributed by atoms with Crippen LogP contribution in [0.15, 0.2) is 0 Å². The Morgan fingerprint density at radius 2 is 2.05 bits per heavy atom. The van der Waals surface area contributed by atoms with Crippen molar-refractivity contribution in [3.8, 4) is 0 Å². The number of hydrogen-bond donors (Lipinski definition) is 1. The normalized spacial score (nSPS) is 31.1. The van der Waals surface area contributed by atoms with Crippen LogP contribution in [0.25, 0.3) is 0 Å². The SMILES string of the molecule is CCCC1NC(=O)C(C)N(CC2CCN(C(C)C)C2)C1=O. The van der Waals surface area contributed by atoms with Gasteiger partial charge >= 0.3 is 0 Å². The highest BCUT2D eigenvalue weighted by molar-refractivity contribution is 5.96. The van der Waals surface area contributed by atoms with Crippen LogP contribution in [0.1, 0.15) is 47.0 Å². The van der Waals surface area contributed by atoms with Crippen LogP contribution in [0.3, 0.4) is 0 Å². The summed E-state index contributed by atoms with van der Waals surface area (Å²) in [5.41, 5.74) is 0. The summed E-state index contributed by atoms with van der Waals surface area (Å²) in [6, 6.07) is -0.0966. The molecule has 5 nitrogen and oxygen atoms in total. The quantitative estimate of drug-likeness (QED) is 0.830.